The van der Waals surface area contributed by atoms with Gasteiger partial charge in [-0.05, 0) is 207 Å². The molecule has 0 atom stereocenters. The second-order valence-corrected chi connectivity index (χ2v) is 27.5. The monoisotopic (exact) mass is 1340 g/mol. The molecule has 4 N–H and O–H groups in total. The van der Waals surface area contributed by atoms with Crippen LogP contribution in [0.25, 0.3) is 182 Å². The molecule has 4 aliphatic rings. The molecule has 16 bridgehead atoms. The molecule has 0 saturated heterocycles. The molecule has 10 nitrogen and oxygen atoms in total. The van der Waals surface area contributed by atoms with Crippen molar-refractivity contribution < 1.29 is 0 Å². The molecule has 14 aromatic rings. The predicted octanol–water partition coefficient (Wildman–Crippen LogP) is 25.2. The molecule has 0 amide bonds. The number of rotatable bonds is 10. The predicted molar refractivity (Wildman–Crippen MR) is 434 cm³/mol. The van der Waals surface area contributed by atoms with Crippen LogP contribution in [0.1, 0.15) is 78.9 Å². The van der Waals surface area contributed by atoms with Gasteiger partial charge in [-0.15, -0.1) is 0 Å². The lowest BCUT2D eigenvalue weighted by atomic mass is 10.0. The molecule has 0 radical (unpaired) electrons. The molecule has 104 heavy (non-hydrogen) atoms. The molecule has 0 unspecified atom stereocenters. The molecule has 0 aliphatic carbocycles. The Morgan fingerprint density at radius 2 is 0.308 bits per heavy atom. The van der Waals surface area contributed by atoms with E-state index in [1.165, 1.54) is 33.4 Å². The Kier molecular flexibility index (Phi) is 15.7. The minimum Gasteiger partial charge on any atom is -0.354 e. The smallest absolute Gasteiger partial charge is 0.0857 e. The Hall–Kier alpha value is -13.4. The Balaban J connectivity index is 0.762. The van der Waals surface area contributed by atoms with Crippen molar-refractivity contribution in [2.24, 2.45) is 10.2 Å². The SMILES string of the molecule is Cc1ccc(-c2c3nc(c(-c4ccc(C)cc4)c4ccc([nH]4)c(-c4ccc(N=Nc5ccc(-c6c7nc(c(-c8ccc(C)cc8)c8ccc([nH]8)c(-c8ccc(C)cc8)c8nc(c(-c9ccc(C)cc9)c9ccc6[nH]9)C=C8)C=C7)cc5)cc4)c4nc(c(-c5ccc(C)cc5)c5ccc2[nH]5)C=C4)C=C3)cc1. The van der Waals surface area contributed by atoms with Gasteiger partial charge in [0, 0.05) is 88.6 Å². The molecule has 4 aliphatic heterocycles. The highest BCUT2D eigenvalue weighted by Crippen LogP contribution is 2.43. The van der Waals surface area contributed by atoms with Gasteiger partial charge in [0.25, 0.3) is 0 Å². The van der Waals surface area contributed by atoms with Gasteiger partial charge in [-0.2, -0.15) is 10.2 Å². The highest BCUT2D eigenvalue weighted by molar-refractivity contribution is 6.03. The number of hydrogen-bond acceptors (Lipinski definition) is 6. The van der Waals surface area contributed by atoms with Crippen LogP contribution in [0.4, 0.5) is 11.4 Å². The summed E-state index contributed by atoms with van der Waals surface area (Å²) in [6, 6.07) is 86.2. The lowest BCUT2D eigenvalue weighted by Crippen LogP contribution is -1.90. The van der Waals surface area contributed by atoms with E-state index < -0.39 is 0 Å². The highest BCUT2D eigenvalue weighted by Gasteiger charge is 2.23. The van der Waals surface area contributed by atoms with E-state index >= 15 is 0 Å². The van der Waals surface area contributed by atoms with Gasteiger partial charge < -0.3 is 19.9 Å². The third-order valence-corrected chi connectivity index (χ3v) is 20.1. The van der Waals surface area contributed by atoms with E-state index in [1.807, 2.05) is 24.3 Å². The largest absolute Gasteiger partial charge is 0.354 e. The number of fused-ring (bicyclic) bond motifs is 16. The van der Waals surface area contributed by atoms with Crippen molar-refractivity contribution in [1.29, 1.82) is 0 Å². The molecule has 496 valence electrons. The van der Waals surface area contributed by atoms with Crippen LogP contribution >= 0.6 is 0 Å². The van der Waals surface area contributed by atoms with Crippen molar-refractivity contribution in [3.8, 4) is 89.0 Å². The Bertz CT molecular complexity index is 5840. The van der Waals surface area contributed by atoms with E-state index in [1.54, 1.807) is 0 Å². The van der Waals surface area contributed by atoms with E-state index in [0.29, 0.717) is 11.4 Å². The molecule has 0 spiro atoms. The molecule has 10 heterocycles. The topological polar surface area (TPSA) is 139 Å². The third kappa shape index (κ3) is 11.8. The zero-order valence-corrected chi connectivity index (χ0v) is 58.4. The molecule has 10 heteroatoms. The van der Waals surface area contributed by atoms with Gasteiger partial charge in [0.05, 0.1) is 56.9 Å². The first-order valence-corrected chi connectivity index (χ1v) is 35.3. The Morgan fingerprint density at radius 1 is 0.173 bits per heavy atom. The molecule has 8 aromatic carbocycles. The maximum Gasteiger partial charge on any atom is 0.0857 e. The van der Waals surface area contributed by atoms with Gasteiger partial charge in [0.1, 0.15) is 0 Å². The van der Waals surface area contributed by atoms with E-state index in [2.05, 4.69) is 328 Å². The van der Waals surface area contributed by atoms with Crippen molar-refractivity contribution in [2.45, 2.75) is 41.5 Å². The summed E-state index contributed by atoms with van der Waals surface area (Å²) in [5, 5.41) is 9.75. The number of aromatic nitrogens is 8. The molecule has 0 saturated carbocycles. The summed E-state index contributed by atoms with van der Waals surface area (Å²) >= 11 is 0. The molecule has 0 fully saturated rings. The van der Waals surface area contributed by atoms with Gasteiger partial charge >= 0.3 is 0 Å². The standard InChI is InChI=1S/C94H70N10/c1-55-7-19-61(20-8-55)87-71-39-43-75(95-71)89(63-23-11-57(3)12-24-63)79-47-51-83(99-79)93(84-52-48-80(100-84)90(76-44-40-72(87)96-76)64-25-13-58(4)14-26-64)67-31-35-69(36-32-67)103-104-70-37-33-68(34-38-70)94-85-53-49-81(101-85)91(65-27-15-59(5)16-28-65)77-45-41-73(97-77)88(62-21-9-56(2)10-22-62)74-42-46-78(98-74)92(82-50-54-86(94)102-82)66-29-17-60(6)18-30-66/h7-54,95,97,100,102H,1-6H3. The quantitative estimate of drug-likeness (QED) is 0.101. The number of aromatic amines is 4. The van der Waals surface area contributed by atoms with E-state index in [9.17, 15) is 0 Å². The summed E-state index contributed by atoms with van der Waals surface area (Å²) in [5.41, 5.74) is 39.0. The van der Waals surface area contributed by atoms with Crippen molar-refractivity contribution in [2.75, 3.05) is 0 Å². The number of azo groups is 1. The average Bonchev–Trinajstić information content (AvgIpc) is 1.61. The highest BCUT2D eigenvalue weighted by atomic mass is 15.1. The van der Waals surface area contributed by atoms with E-state index in [4.69, 9.17) is 30.2 Å². The first-order valence-electron chi connectivity index (χ1n) is 35.3. The molecule has 18 rings (SSSR count). The number of H-pyrrole nitrogens is 4. The van der Waals surface area contributed by atoms with Crippen LogP contribution in [0.3, 0.4) is 0 Å². The summed E-state index contributed by atoms with van der Waals surface area (Å²) in [5.74, 6) is 0. The van der Waals surface area contributed by atoms with Crippen LogP contribution in [-0.2, 0) is 0 Å². The van der Waals surface area contributed by atoms with Gasteiger partial charge in [-0.3, -0.25) is 0 Å². The van der Waals surface area contributed by atoms with Gasteiger partial charge in [0.2, 0.25) is 0 Å². The lowest BCUT2D eigenvalue weighted by Gasteiger charge is -2.08. The first-order chi connectivity index (χ1) is 50.9. The van der Waals surface area contributed by atoms with E-state index in [-0.39, 0.29) is 0 Å². The van der Waals surface area contributed by atoms with Crippen molar-refractivity contribution in [3.05, 3.63) is 322 Å². The summed E-state index contributed by atoms with van der Waals surface area (Å²) in [7, 11) is 0. The van der Waals surface area contributed by atoms with Crippen LogP contribution in [-0.4, -0.2) is 39.9 Å². The number of nitrogens with one attached hydrogen (secondary N) is 4. The fourth-order valence-corrected chi connectivity index (χ4v) is 14.7. The van der Waals surface area contributed by atoms with Crippen LogP contribution < -0.4 is 0 Å². The molecular formula is C94H70N10. The number of hydrogen-bond donors (Lipinski definition) is 4. The summed E-state index contributed by atoms with van der Waals surface area (Å²) < 4.78 is 0. The minimum atomic E-state index is 0.702. The zero-order valence-electron chi connectivity index (χ0n) is 58.4. The Morgan fingerprint density at radius 3 is 0.452 bits per heavy atom. The first kappa shape index (κ1) is 62.8. The summed E-state index contributed by atoms with van der Waals surface area (Å²) in [6.45, 7) is 12.7. The summed E-state index contributed by atoms with van der Waals surface area (Å²) in [6.07, 6.45) is 17.2. The maximum absolute atomic E-state index is 5.58. The van der Waals surface area contributed by atoms with Gasteiger partial charge in [-0.25, -0.2) is 19.9 Å². The summed E-state index contributed by atoms with van der Waals surface area (Å²) in [4.78, 5) is 37.8. The third-order valence-electron chi connectivity index (χ3n) is 20.1. The van der Waals surface area contributed by atoms with Crippen LogP contribution in [0.2, 0.25) is 0 Å². The van der Waals surface area contributed by atoms with Crippen molar-refractivity contribution in [3.63, 3.8) is 0 Å². The fraction of sp³-hybridized carbons (Fsp3) is 0.0638. The second-order valence-electron chi connectivity index (χ2n) is 27.5. The normalized spacial score (nSPS) is 12.3. The van der Waals surface area contributed by atoms with Crippen molar-refractivity contribution in [1.82, 2.24) is 39.9 Å². The van der Waals surface area contributed by atoms with Gasteiger partial charge in [0.15, 0.2) is 0 Å². The maximum atomic E-state index is 5.58. The lowest BCUT2D eigenvalue weighted by molar-refractivity contribution is 1.23. The average molecular weight is 1340 g/mol. The zero-order chi connectivity index (χ0) is 70.1. The van der Waals surface area contributed by atoms with Crippen LogP contribution in [0.5, 0.6) is 0 Å². The Labute approximate surface area is 602 Å². The van der Waals surface area contributed by atoms with Crippen molar-refractivity contribution >= 4 is 104 Å². The minimum absolute atomic E-state index is 0.702. The number of aryl methyl sites for hydroxylation is 6. The number of nitrogens with zero attached hydrogens (tertiary/aromatic N) is 6. The van der Waals surface area contributed by atoms with E-state index in [0.717, 1.165) is 179 Å². The second kappa shape index (κ2) is 25.9. The van der Waals surface area contributed by atoms with Crippen LogP contribution in [0.15, 0.2) is 253 Å². The fourth-order valence-electron chi connectivity index (χ4n) is 14.7. The van der Waals surface area contributed by atoms with Crippen LogP contribution in [0, 0.1) is 41.5 Å². The van der Waals surface area contributed by atoms with Gasteiger partial charge in [-0.1, -0.05) is 203 Å². The molecular weight excluding hydrogens is 1270 g/mol. The number of benzene rings is 8. The molecule has 6 aromatic heterocycles.